The molecule has 0 saturated carbocycles. The third kappa shape index (κ3) is 4.57. The molecule has 2 heterocycles. The second-order valence-electron chi connectivity index (χ2n) is 4.20. The minimum Gasteiger partial charge on any atom is -0.369 e. The summed E-state index contributed by atoms with van der Waals surface area (Å²) >= 11 is 1.01. The number of nitrogens with one attached hydrogen (secondary N) is 2. The average Bonchev–Trinajstić information content (AvgIpc) is 2.85. The zero-order valence-electron chi connectivity index (χ0n) is 10.6. The third-order valence-electron chi connectivity index (χ3n) is 2.81. The Labute approximate surface area is 116 Å². The summed E-state index contributed by atoms with van der Waals surface area (Å²) in [7, 11) is 0. The standard InChI is InChI=1S/C10H14N2.C3H3NO2S/c1-2-4-10(5-3-1)12-8-6-11-7-9-12;5-2-1-7-3(6)4-2/h1-5,11H,6-9H2;1H2,(H,4,5,6). The molecular formula is C13H17N3O2S. The van der Waals surface area contributed by atoms with Crippen LogP contribution in [-0.4, -0.2) is 43.1 Å². The van der Waals surface area contributed by atoms with Crippen LogP contribution in [0, 0.1) is 0 Å². The molecule has 2 amide bonds. The lowest BCUT2D eigenvalue weighted by atomic mass is 10.2. The van der Waals surface area contributed by atoms with Crippen LogP contribution in [0.4, 0.5) is 10.5 Å². The fraction of sp³-hybridized carbons (Fsp3) is 0.385. The van der Waals surface area contributed by atoms with Gasteiger partial charge in [-0.2, -0.15) is 0 Å². The molecule has 0 aromatic heterocycles. The summed E-state index contributed by atoms with van der Waals surface area (Å²) in [5, 5.41) is 5.21. The highest BCUT2D eigenvalue weighted by Crippen LogP contribution is 2.12. The fourth-order valence-corrected chi connectivity index (χ4v) is 2.40. The number of imide groups is 1. The molecule has 102 valence electrons. The van der Waals surface area contributed by atoms with Crippen molar-refractivity contribution in [2.75, 3.05) is 36.8 Å². The van der Waals surface area contributed by atoms with Crippen LogP contribution in [0.3, 0.4) is 0 Å². The maximum Gasteiger partial charge on any atom is 0.286 e. The highest BCUT2D eigenvalue weighted by Gasteiger charge is 2.16. The molecule has 1 aromatic carbocycles. The first-order chi connectivity index (χ1) is 9.25. The predicted molar refractivity (Wildman–Crippen MR) is 77.5 cm³/mol. The molecule has 6 heteroatoms. The zero-order chi connectivity index (χ0) is 13.5. The molecule has 2 saturated heterocycles. The van der Waals surface area contributed by atoms with Gasteiger partial charge >= 0.3 is 0 Å². The van der Waals surface area contributed by atoms with Crippen molar-refractivity contribution in [1.82, 2.24) is 10.6 Å². The minimum atomic E-state index is -0.231. The van der Waals surface area contributed by atoms with Crippen molar-refractivity contribution in [3.05, 3.63) is 30.3 Å². The van der Waals surface area contributed by atoms with Crippen molar-refractivity contribution in [1.29, 1.82) is 0 Å². The first-order valence-corrected chi connectivity index (χ1v) is 7.21. The molecule has 2 aliphatic heterocycles. The van der Waals surface area contributed by atoms with Crippen molar-refractivity contribution >= 4 is 28.6 Å². The van der Waals surface area contributed by atoms with Gasteiger partial charge in [0.15, 0.2) is 0 Å². The number of carbonyl (C=O) groups is 2. The fourth-order valence-electron chi connectivity index (χ4n) is 1.88. The summed E-state index contributed by atoms with van der Waals surface area (Å²) in [6, 6.07) is 10.6. The van der Waals surface area contributed by atoms with Crippen molar-refractivity contribution in [2.24, 2.45) is 0 Å². The van der Waals surface area contributed by atoms with Gasteiger partial charge in [0.05, 0.1) is 5.75 Å². The van der Waals surface area contributed by atoms with Gasteiger partial charge in [0, 0.05) is 31.9 Å². The quantitative estimate of drug-likeness (QED) is 0.805. The number of nitrogens with zero attached hydrogens (tertiary/aromatic N) is 1. The van der Waals surface area contributed by atoms with Crippen LogP contribution in [0.5, 0.6) is 0 Å². The molecule has 2 N–H and O–H groups in total. The number of hydrogen-bond donors (Lipinski definition) is 2. The number of amides is 2. The number of carbonyl (C=O) groups excluding carboxylic acids is 2. The molecule has 3 rings (SSSR count). The molecule has 2 fully saturated rings. The summed E-state index contributed by atoms with van der Waals surface area (Å²) in [6.45, 7) is 4.47. The van der Waals surface area contributed by atoms with Gasteiger partial charge < -0.3 is 10.2 Å². The molecule has 0 bridgehead atoms. The van der Waals surface area contributed by atoms with Crippen molar-refractivity contribution < 1.29 is 9.59 Å². The van der Waals surface area contributed by atoms with E-state index in [4.69, 9.17) is 0 Å². The van der Waals surface area contributed by atoms with Crippen LogP contribution in [0.1, 0.15) is 0 Å². The molecule has 0 unspecified atom stereocenters. The van der Waals surface area contributed by atoms with Crippen LogP contribution in [0.15, 0.2) is 30.3 Å². The smallest absolute Gasteiger partial charge is 0.286 e. The Bertz CT molecular complexity index is 419. The van der Waals surface area contributed by atoms with Crippen molar-refractivity contribution in [3.8, 4) is 0 Å². The molecule has 0 spiro atoms. The highest BCUT2D eigenvalue weighted by atomic mass is 32.2. The van der Waals surface area contributed by atoms with E-state index in [1.165, 1.54) is 5.69 Å². The van der Waals surface area contributed by atoms with E-state index in [0.29, 0.717) is 5.75 Å². The molecule has 19 heavy (non-hydrogen) atoms. The Morgan fingerprint density at radius 1 is 1.05 bits per heavy atom. The topological polar surface area (TPSA) is 61.4 Å². The molecule has 2 aliphatic rings. The minimum absolute atomic E-state index is 0.185. The van der Waals surface area contributed by atoms with Crippen LogP contribution in [0.2, 0.25) is 0 Å². The second-order valence-corrected chi connectivity index (χ2v) is 5.15. The van der Waals surface area contributed by atoms with E-state index >= 15 is 0 Å². The number of rotatable bonds is 1. The SMILES string of the molecule is O=C1CSC(=O)N1.c1ccc(N2CCNCC2)cc1. The molecule has 0 radical (unpaired) electrons. The lowest BCUT2D eigenvalue weighted by molar-refractivity contribution is -0.117. The Hall–Kier alpha value is -1.53. The zero-order valence-corrected chi connectivity index (χ0v) is 11.4. The van der Waals surface area contributed by atoms with E-state index < -0.39 is 0 Å². The second kappa shape index (κ2) is 7.16. The van der Waals surface area contributed by atoms with E-state index in [1.807, 2.05) is 0 Å². The summed E-state index contributed by atoms with van der Waals surface area (Å²) in [6.07, 6.45) is 0. The number of piperazine rings is 1. The summed E-state index contributed by atoms with van der Waals surface area (Å²) in [4.78, 5) is 22.6. The average molecular weight is 279 g/mol. The van der Waals surface area contributed by atoms with Gasteiger partial charge in [-0.15, -0.1) is 0 Å². The van der Waals surface area contributed by atoms with Gasteiger partial charge in [-0.25, -0.2) is 0 Å². The van der Waals surface area contributed by atoms with Gasteiger partial charge in [0.25, 0.3) is 5.24 Å². The Kier molecular flexibility index (Phi) is 5.23. The van der Waals surface area contributed by atoms with E-state index in [-0.39, 0.29) is 11.1 Å². The molecular weight excluding hydrogens is 262 g/mol. The third-order valence-corrected chi connectivity index (χ3v) is 3.58. The number of para-hydroxylation sites is 1. The summed E-state index contributed by atoms with van der Waals surface area (Å²) in [5.41, 5.74) is 1.35. The maximum absolute atomic E-state index is 10.1. The summed E-state index contributed by atoms with van der Waals surface area (Å²) in [5.74, 6) is 0.105. The summed E-state index contributed by atoms with van der Waals surface area (Å²) < 4.78 is 0. The van der Waals surface area contributed by atoms with E-state index in [2.05, 4.69) is 45.9 Å². The maximum atomic E-state index is 10.1. The Morgan fingerprint density at radius 2 is 1.74 bits per heavy atom. The van der Waals surface area contributed by atoms with Crippen molar-refractivity contribution in [2.45, 2.75) is 0 Å². The number of thioether (sulfide) groups is 1. The van der Waals surface area contributed by atoms with Gasteiger partial charge in [-0.1, -0.05) is 30.0 Å². The normalized spacial score (nSPS) is 18.6. The van der Waals surface area contributed by atoms with Crippen LogP contribution in [0.25, 0.3) is 0 Å². The molecule has 1 aromatic rings. The van der Waals surface area contributed by atoms with Gasteiger partial charge in [0.2, 0.25) is 5.91 Å². The molecule has 0 atom stereocenters. The highest BCUT2D eigenvalue weighted by molar-refractivity contribution is 8.14. The molecule has 0 aliphatic carbocycles. The Balaban J connectivity index is 0.000000163. The van der Waals surface area contributed by atoms with Crippen molar-refractivity contribution in [3.63, 3.8) is 0 Å². The van der Waals surface area contributed by atoms with Crippen LogP contribution < -0.4 is 15.5 Å². The largest absolute Gasteiger partial charge is 0.369 e. The predicted octanol–water partition coefficient (Wildman–Crippen LogP) is 1.07. The van der Waals surface area contributed by atoms with E-state index in [9.17, 15) is 9.59 Å². The van der Waals surface area contributed by atoms with Gasteiger partial charge in [-0.05, 0) is 12.1 Å². The van der Waals surface area contributed by atoms with Gasteiger partial charge in [0.1, 0.15) is 0 Å². The number of benzene rings is 1. The van der Waals surface area contributed by atoms with Gasteiger partial charge in [-0.3, -0.25) is 14.9 Å². The number of anilines is 1. The monoisotopic (exact) mass is 279 g/mol. The Morgan fingerprint density at radius 3 is 2.21 bits per heavy atom. The number of hydrogen-bond acceptors (Lipinski definition) is 5. The lowest BCUT2D eigenvalue weighted by Gasteiger charge is -2.29. The van der Waals surface area contributed by atoms with Crippen LogP contribution >= 0.6 is 11.8 Å². The molecule has 5 nitrogen and oxygen atoms in total. The first-order valence-electron chi connectivity index (χ1n) is 6.23. The first kappa shape index (κ1) is 13.9. The van der Waals surface area contributed by atoms with E-state index in [1.54, 1.807) is 0 Å². The van der Waals surface area contributed by atoms with E-state index in [0.717, 1.165) is 37.9 Å². The van der Waals surface area contributed by atoms with Crippen LogP contribution in [-0.2, 0) is 4.79 Å². The lowest BCUT2D eigenvalue weighted by Crippen LogP contribution is -2.43.